The highest BCUT2D eigenvalue weighted by Crippen LogP contribution is 2.11. The third kappa shape index (κ3) is 5.33. The van der Waals surface area contributed by atoms with Crippen LogP contribution >= 0.6 is 11.6 Å². The van der Waals surface area contributed by atoms with E-state index in [0.29, 0.717) is 31.2 Å². The summed E-state index contributed by atoms with van der Waals surface area (Å²) >= 11 is 5.72. The van der Waals surface area contributed by atoms with Crippen molar-refractivity contribution in [1.82, 2.24) is 10.3 Å². The maximum Gasteiger partial charge on any atom is 0.251 e. The molecule has 5 nitrogen and oxygen atoms in total. The third-order valence-corrected chi connectivity index (χ3v) is 2.25. The van der Waals surface area contributed by atoms with Crippen molar-refractivity contribution in [2.24, 2.45) is 5.92 Å². The van der Waals surface area contributed by atoms with Crippen molar-refractivity contribution >= 4 is 23.3 Å². The lowest BCUT2D eigenvalue weighted by Gasteiger charge is -2.08. The van der Waals surface area contributed by atoms with Crippen LogP contribution in [0.15, 0.2) is 12.1 Å². The van der Waals surface area contributed by atoms with Crippen LogP contribution in [0.3, 0.4) is 0 Å². The number of nitrogen functional groups attached to an aromatic ring is 1. The minimum Gasteiger partial charge on any atom is -0.384 e. The molecule has 0 saturated heterocycles. The Kier molecular flexibility index (Phi) is 5.88. The smallest absolute Gasteiger partial charge is 0.251 e. The molecule has 0 spiro atoms. The van der Waals surface area contributed by atoms with Crippen LogP contribution in [0.5, 0.6) is 0 Å². The van der Waals surface area contributed by atoms with E-state index < -0.39 is 0 Å². The van der Waals surface area contributed by atoms with Crippen molar-refractivity contribution in [3.8, 4) is 0 Å². The van der Waals surface area contributed by atoms with Crippen LogP contribution in [0.4, 0.5) is 5.82 Å². The Morgan fingerprint density at radius 2 is 2.28 bits per heavy atom. The molecule has 1 heterocycles. The maximum absolute atomic E-state index is 11.7. The molecule has 0 radical (unpaired) electrons. The zero-order valence-corrected chi connectivity index (χ0v) is 11.3. The molecule has 0 unspecified atom stereocenters. The zero-order chi connectivity index (χ0) is 13.5. The molecule has 1 aromatic heterocycles. The summed E-state index contributed by atoms with van der Waals surface area (Å²) in [7, 11) is 0. The minimum atomic E-state index is -0.237. The molecule has 0 fully saturated rings. The molecule has 0 aromatic carbocycles. The molecule has 1 aromatic rings. The van der Waals surface area contributed by atoms with Crippen LogP contribution in [0.2, 0.25) is 5.15 Å². The number of amides is 1. The fourth-order valence-corrected chi connectivity index (χ4v) is 1.52. The Hall–Kier alpha value is -1.33. The number of carbonyl (C=O) groups is 1. The second-order valence-electron chi connectivity index (χ2n) is 4.33. The third-order valence-electron chi connectivity index (χ3n) is 2.06. The number of nitrogens with zero attached hydrogens (tertiary/aromatic N) is 1. The summed E-state index contributed by atoms with van der Waals surface area (Å²) in [5.41, 5.74) is 5.91. The first-order valence-corrected chi connectivity index (χ1v) is 6.16. The van der Waals surface area contributed by atoms with Crippen LogP contribution in [0, 0.1) is 5.92 Å². The van der Waals surface area contributed by atoms with Crippen LogP contribution in [-0.2, 0) is 4.74 Å². The molecular formula is C12H18ClN3O2. The molecular weight excluding hydrogens is 254 g/mol. The van der Waals surface area contributed by atoms with Crippen molar-refractivity contribution in [2.75, 3.05) is 25.5 Å². The molecule has 0 aliphatic carbocycles. The Bertz CT molecular complexity index is 390. The molecule has 0 bridgehead atoms. The molecule has 3 N–H and O–H groups in total. The van der Waals surface area contributed by atoms with E-state index in [-0.39, 0.29) is 16.9 Å². The molecule has 0 saturated carbocycles. The van der Waals surface area contributed by atoms with Gasteiger partial charge in [-0.3, -0.25) is 4.79 Å². The predicted octanol–water partition coefficient (Wildman–Crippen LogP) is 1.72. The summed E-state index contributed by atoms with van der Waals surface area (Å²) in [5.74, 6) is 0.474. The van der Waals surface area contributed by atoms with E-state index in [4.69, 9.17) is 22.1 Å². The Labute approximate surface area is 112 Å². The number of hydrogen-bond donors (Lipinski definition) is 2. The first-order chi connectivity index (χ1) is 8.49. The fourth-order valence-electron chi connectivity index (χ4n) is 1.31. The molecule has 100 valence electrons. The molecule has 6 heteroatoms. The van der Waals surface area contributed by atoms with Crippen molar-refractivity contribution in [1.29, 1.82) is 0 Å². The van der Waals surface area contributed by atoms with Gasteiger partial charge < -0.3 is 15.8 Å². The minimum absolute atomic E-state index is 0.205. The number of rotatable bonds is 6. The van der Waals surface area contributed by atoms with Gasteiger partial charge in [-0.25, -0.2) is 4.98 Å². The van der Waals surface area contributed by atoms with E-state index in [1.54, 1.807) is 0 Å². The Balaban J connectivity index is 2.36. The highest BCUT2D eigenvalue weighted by atomic mass is 35.5. The van der Waals surface area contributed by atoms with Crippen molar-refractivity contribution in [3.05, 3.63) is 22.8 Å². The number of carbonyl (C=O) groups excluding carboxylic acids is 1. The predicted molar refractivity (Wildman–Crippen MR) is 71.6 cm³/mol. The summed E-state index contributed by atoms with van der Waals surface area (Å²) in [6, 6.07) is 2.96. The van der Waals surface area contributed by atoms with E-state index in [2.05, 4.69) is 24.1 Å². The topological polar surface area (TPSA) is 77.2 Å². The van der Waals surface area contributed by atoms with Gasteiger partial charge in [0, 0.05) is 18.7 Å². The molecule has 1 rings (SSSR count). The number of nitrogens with one attached hydrogen (secondary N) is 1. The maximum atomic E-state index is 11.7. The average molecular weight is 272 g/mol. The van der Waals surface area contributed by atoms with E-state index in [9.17, 15) is 4.79 Å². The lowest BCUT2D eigenvalue weighted by Crippen LogP contribution is -2.27. The Morgan fingerprint density at radius 1 is 1.56 bits per heavy atom. The van der Waals surface area contributed by atoms with Gasteiger partial charge in [-0.05, 0) is 18.1 Å². The van der Waals surface area contributed by atoms with Gasteiger partial charge in [0.2, 0.25) is 0 Å². The van der Waals surface area contributed by atoms with Gasteiger partial charge in [-0.15, -0.1) is 0 Å². The number of ether oxygens (including phenoxy) is 1. The Morgan fingerprint density at radius 3 is 2.89 bits per heavy atom. The van der Waals surface area contributed by atoms with Gasteiger partial charge in [0.05, 0.1) is 6.61 Å². The van der Waals surface area contributed by atoms with Crippen molar-refractivity contribution < 1.29 is 9.53 Å². The van der Waals surface area contributed by atoms with E-state index >= 15 is 0 Å². The summed E-state index contributed by atoms with van der Waals surface area (Å²) in [6.07, 6.45) is 0. The SMILES string of the molecule is CC(C)COCCNC(=O)c1cc(N)nc(Cl)c1. The van der Waals surface area contributed by atoms with Crippen molar-refractivity contribution in [3.63, 3.8) is 0 Å². The summed E-state index contributed by atoms with van der Waals surface area (Å²) in [4.78, 5) is 15.5. The van der Waals surface area contributed by atoms with Gasteiger partial charge in [-0.2, -0.15) is 0 Å². The van der Waals surface area contributed by atoms with Gasteiger partial charge in [-0.1, -0.05) is 25.4 Å². The highest BCUT2D eigenvalue weighted by molar-refractivity contribution is 6.29. The number of pyridine rings is 1. The quantitative estimate of drug-likeness (QED) is 0.610. The van der Waals surface area contributed by atoms with Crippen LogP contribution < -0.4 is 11.1 Å². The van der Waals surface area contributed by atoms with Gasteiger partial charge >= 0.3 is 0 Å². The standard InChI is InChI=1S/C12H18ClN3O2/c1-8(2)7-18-4-3-15-12(17)9-5-10(13)16-11(14)6-9/h5-6,8H,3-4,7H2,1-2H3,(H2,14,16)(H,15,17). The van der Waals surface area contributed by atoms with E-state index in [1.165, 1.54) is 12.1 Å². The first kappa shape index (κ1) is 14.7. The van der Waals surface area contributed by atoms with Crippen LogP contribution in [0.25, 0.3) is 0 Å². The highest BCUT2D eigenvalue weighted by Gasteiger charge is 2.07. The lowest BCUT2D eigenvalue weighted by molar-refractivity contribution is 0.0886. The van der Waals surface area contributed by atoms with E-state index in [1.807, 2.05) is 0 Å². The molecule has 18 heavy (non-hydrogen) atoms. The number of aromatic nitrogens is 1. The number of hydrogen-bond acceptors (Lipinski definition) is 4. The normalized spacial score (nSPS) is 10.7. The van der Waals surface area contributed by atoms with Gasteiger partial charge in [0.15, 0.2) is 0 Å². The van der Waals surface area contributed by atoms with E-state index in [0.717, 1.165) is 0 Å². The lowest BCUT2D eigenvalue weighted by atomic mass is 10.2. The summed E-state index contributed by atoms with van der Waals surface area (Å²) in [6.45, 7) is 5.76. The second-order valence-corrected chi connectivity index (χ2v) is 4.72. The summed E-state index contributed by atoms with van der Waals surface area (Å²) in [5, 5.41) is 2.93. The first-order valence-electron chi connectivity index (χ1n) is 5.78. The number of nitrogens with two attached hydrogens (primary N) is 1. The average Bonchev–Trinajstić information content (AvgIpc) is 2.26. The largest absolute Gasteiger partial charge is 0.384 e. The number of anilines is 1. The molecule has 0 aliphatic rings. The monoisotopic (exact) mass is 271 g/mol. The van der Waals surface area contributed by atoms with Crippen molar-refractivity contribution in [2.45, 2.75) is 13.8 Å². The number of halogens is 1. The second kappa shape index (κ2) is 7.18. The molecule has 0 atom stereocenters. The van der Waals surface area contributed by atoms with Crippen LogP contribution in [0.1, 0.15) is 24.2 Å². The van der Waals surface area contributed by atoms with Gasteiger partial charge in [0.1, 0.15) is 11.0 Å². The zero-order valence-electron chi connectivity index (χ0n) is 10.6. The summed E-state index contributed by atoms with van der Waals surface area (Å²) < 4.78 is 5.35. The molecule has 1 amide bonds. The molecule has 0 aliphatic heterocycles. The van der Waals surface area contributed by atoms with Crippen LogP contribution in [-0.4, -0.2) is 30.6 Å². The van der Waals surface area contributed by atoms with Gasteiger partial charge in [0.25, 0.3) is 5.91 Å². The fraction of sp³-hybridized carbons (Fsp3) is 0.500.